The van der Waals surface area contributed by atoms with Crippen molar-refractivity contribution in [1.29, 1.82) is 5.26 Å². The zero-order chi connectivity index (χ0) is 9.68. The van der Waals surface area contributed by atoms with Gasteiger partial charge < -0.3 is 10.8 Å². The monoisotopic (exact) mass is 195 g/mol. The fourth-order valence-electron chi connectivity index (χ4n) is 0.809. The van der Waals surface area contributed by atoms with Crippen molar-refractivity contribution in [2.24, 2.45) is 0 Å². The minimum absolute atomic E-state index is 0.0720. The first kappa shape index (κ1) is 9.84. The van der Waals surface area contributed by atoms with E-state index in [1.54, 1.807) is 6.07 Å². The zero-order valence-corrected chi connectivity index (χ0v) is 7.71. The van der Waals surface area contributed by atoms with Crippen molar-refractivity contribution in [1.82, 2.24) is 4.98 Å². The van der Waals surface area contributed by atoms with Gasteiger partial charge in [-0.2, -0.15) is 5.26 Å². The molecular weight excluding hydrogens is 186 g/mol. The maximum absolute atomic E-state index is 8.65. The van der Waals surface area contributed by atoms with Gasteiger partial charge in [-0.15, -0.1) is 11.8 Å². The lowest BCUT2D eigenvalue weighted by Crippen LogP contribution is -1.97. The molecule has 13 heavy (non-hydrogen) atoms. The van der Waals surface area contributed by atoms with Crippen LogP contribution in [-0.4, -0.2) is 22.5 Å². The molecule has 0 aromatic carbocycles. The molecule has 0 aliphatic carbocycles. The van der Waals surface area contributed by atoms with Crippen molar-refractivity contribution < 1.29 is 5.11 Å². The molecule has 0 aliphatic heterocycles. The quantitative estimate of drug-likeness (QED) is 0.691. The number of rotatable bonds is 3. The van der Waals surface area contributed by atoms with Crippen LogP contribution in [-0.2, 0) is 0 Å². The fraction of sp³-hybridized carbons (Fsp3) is 0.250. The van der Waals surface area contributed by atoms with Gasteiger partial charge in [0.25, 0.3) is 0 Å². The second-order valence-corrected chi connectivity index (χ2v) is 3.34. The van der Waals surface area contributed by atoms with Gasteiger partial charge in [-0.3, -0.25) is 0 Å². The van der Waals surface area contributed by atoms with Crippen LogP contribution in [0.1, 0.15) is 5.56 Å². The number of anilines is 1. The Kier molecular flexibility index (Phi) is 3.55. The van der Waals surface area contributed by atoms with Crippen LogP contribution in [0.3, 0.4) is 0 Å². The molecule has 0 spiro atoms. The van der Waals surface area contributed by atoms with Crippen LogP contribution >= 0.6 is 11.8 Å². The lowest BCUT2D eigenvalue weighted by Gasteiger charge is -2.03. The minimum Gasteiger partial charge on any atom is -0.396 e. The van der Waals surface area contributed by atoms with Crippen LogP contribution in [0.15, 0.2) is 17.3 Å². The molecule has 0 atom stereocenters. The van der Waals surface area contributed by atoms with Crippen molar-refractivity contribution in [2.45, 2.75) is 5.03 Å². The van der Waals surface area contributed by atoms with Crippen molar-refractivity contribution >= 4 is 17.4 Å². The molecule has 0 unspecified atom stereocenters. The standard InChI is InChI=1S/C8H9N3OS/c9-5-6-1-2-11-8(7(6)10)13-4-3-12/h1-2,12H,3-4,10H2. The van der Waals surface area contributed by atoms with Gasteiger partial charge in [0.15, 0.2) is 0 Å². The summed E-state index contributed by atoms with van der Waals surface area (Å²) in [6.07, 6.45) is 1.54. The number of nitriles is 1. The molecule has 4 nitrogen and oxygen atoms in total. The number of hydrogen-bond donors (Lipinski definition) is 2. The van der Waals surface area contributed by atoms with Gasteiger partial charge in [0.2, 0.25) is 0 Å². The maximum atomic E-state index is 8.65. The van der Waals surface area contributed by atoms with Crippen molar-refractivity contribution in [2.75, 3.05) is 18.1 Å². The molecule has 1 aromatic rings. The molecule has 1 heterocycles. The molecule has 1 aromatic heterocycles. The Morgan fingerprint density at radius 1 is 1.69 bits per heavy atom. The summed E-state index contributed by atoms with van der Waals surface area (Å²) in [6.45, 7) is 0.0720. The first-order valence-corrected chi connectivity index (χ1v) is 4.66. The Morgan fingerprint density at radius 3 is 3.08 bits per heavy atom. The van der Waals surface area contributed by atoms with Gasteiger partial charge in [0.1, 0.15) is 11.1 Å². The van der Waals surface area contributed by atoms with E-state index in [1.165, 1.54) is 18.0 Å². The number of nitrogen functional groups attached to an aromatic ring is 1. The normalized spacial score (nSPS) is 9.54. The summed E-state index contributed by atoms with van der Waals surface area (Å²) in [6, 6.07) is 3.54. The number of nitrogens with zero attached hydrogens (tertiary/aromatic N) is 2. The number of hydrogen-bond acceptors (Lipinski definition) is 5. The van der Waals surface area contributed by atoms with Crippen molar-refractivity contribution in [3.63, 3.8) is 0 Å². The molecule has 1 rings (SSSR count). The van der Waals surface area contributed by atoms with E-state index in [0.29, 0.717) is 22.0 Å². The van der Waals surface area contributed by atoms with Crippen LogP contribution in [0.25, 0.3) is 0 Å². The van der Waals surface area contributed by atoms with Gasteiger partial charge in [0, 0.05) is 11.9 Å². The van der Waals surface area contributed by atoms with Crippen LogP contribution in [0.4, 0.5) is 5.69 Å². The molecule has 5 heteroatoms. The van der Waals surface area contributed by atoms with Crippen LogP contribution in [0, 0.1) is 11.3 Å². The molecule has 0 radical (unpaired) electrons. The third kappa shape index (κ3) is 2.34. The predicted molar refractivity (Wildman–Crippen MR) is 51.2 cm³/mol. The number of nitrogens with two attached hydrogens (primary N) is 1. The van der Waals surface area contributed by atoms with Gasteiger partial charge >= 0.3 is 0 Å². The van der Waals surface area contributed by atoms with Gasteiger partial charge in [0.05, 0.1) is 17.9 Å². The van der Waals surface area contributed by atoms with E-state index in [9.17, 15) is 0 Å². The zero-order valence-electron chi connectivity index (χ0n) is 6.90. The van der Waals surface area contributed by atoms with E-state index in [2.05, 4.69) is 4.98 Å². The smallest absolute Gasteiger partial charge is 0.120 e. The fourth-order valence-corrected chi connectivity index (χ4v) is 1.49. The third-order valence-electron chi connectivity index (χ3n) is 1.40. The first-order chi connectivity index (χ1) is 6.29. The number of aromatic nitrogens is 1. The minimum atomic E-state index is 0.0720. The van der Waals surface area contributed by atoms with E-state index in [4.69, 9.17) is 16.1 Å². The Labute approximate surface area is 80.4 Å². The highest BCUT2D eigenvalue weighted by Gasteiger charge is 2.05. The van der Waals surface area contributed by atoms with Gasteiger partial charge in [-0.25, -0.2) is 4.98 Å². The summed E-state index contributed by atoms with van der Waals surface area (Å²) in [7, 11) is 0. The molecule has 0 aliphatic rings. The molecule has 0 saturated carbocycles. The highest BCUT2D eigenvalue weighted by Crippen LogP contribution is 2.24. The lowest BCUT2D eigenvalue weighted by molar-refractivity contribution is 0.322. The number of aliphatic hydroxyl groups excluding tert-OH is 1. The third-order valence-corrected chi connectivity index (χ3v) is 2.39. The topological polar surface area (TPSA) is 82.9 Å². The molecule has 0 amide bonds. The Hall–Kier alpha value is -1.25. The van der Waals surface area contributed by atoms with E-state index < -0.39 is 0 Å². The summed E-state index contributed by atoms with van der Waals surface area (Å²) >= 11 is 1.34. The molecule has 0 bridgehead atoms. The first-order valence-electron chi connectivity index (χ1n) is 3.68. The summed E-state index contributed by atoms with van der Waals surface area (Å²) in [4.78, 5) is 4.00. The summed E-state index contributed by atoms with van der Waals surface area (Å²) in [5, 5.41) is 17.8. The highest BCUT2D eigenvalue weighted by molar-refractivity contribution is 7.99. The Balaban J connectivity index is 2.90. The number of pyridine rings is 1. The Morgan fingerprint density at radius 2 is 2.46 bits per heavy atom. The van der Waals surface area contributed by atoms with Gasteiger partial charge in [-0.1, -0.05) is 0 Å². The van der Waals surface area contributed by atoms with E-state index in [1.807, 2.05) is 6.07 Å². The maximum Gasteiger partial charge on any atom is 0.120 e. The molecular formula is C8H9N3OS. The van der Waals surface area contributed by atoms with Crippen LogP contribution < -0.4 is 5.73 Å². The van der Waals surface area contributed by atoms with E-state index >= 15 is 0 Å². The predicted octanol–water partition coefficient (Wildman–Crippen LogP) is 0.620. The second kappa shape index (κ2) is 4.70. The highest BCUT2D eigenvalue weighted by atomic mass is 32.2. The summed E-state index contributed by atoms with van der Waals surface area (Å²) in [5.74, 6) is 0.534. The Bertz CT molecular complexity index is 335. The molecule has 0 saturated heterocycles. The van der Waals surface area contributed by atoms with Crippen molar-refractivity contribution in [3.05, 3.63) is 17.8 Å². The van der Waals surface area contributed by atoms with E-state index in [-0.39, 0.29) is 6.61 Å². The van der Waals surface area contributed by atoms with Gasteiger partial charge in [-0.05, 0) is 6.07 Å². The SMILES string of the molecule is N#Cc1ccnc(SCCO)c1N. The summed E-state index contributed by atoms with van der Waals surface area (Å²) in [5.41, 5.74) is 6.47. The van der Waals surface area contributed by atoms with E-state index in [0.717, 1.165) is 0 Å². The molecule has 3 N–H and O–H groups in total. The average molecular weight is 195 g/mol. The number of thioether (sulfide) groups is 1. The van der Waals surface area contributed by atoms with Crippen LogP contribution in [0.5, 0.6) is 0 Å². The van der Waals surface area contributed by atoms with Crippen LogP contribution in [0.2, 0.25) is 0 Å². The molecule has 68 valence electrons. The van der Waals surface area contributed by atoms with Crippen molar-refractivity contribution in [3.8, 4) is 6.07 Å². The average Bonchev–Trinajstić information content (AvgIpc) is 2.16. The largest absolute Gasteiger partial charge is 0.396 e. The molecule has 0 fully saturated rings. The number of aliphatic hydroxyl groups is 1. The summed E-state index contributed by atoms with van der Waals surface area (Å²) < 4.78 is 0. The lowest BCUT2D eigenvalue weighted by atomic mass is 10.2. The second-order valence-electron chi connectivity index (χ2n) is 2.26.